The van der Waals surface area contributed by atoms with Crippen molar-refractivity contribution in [1.82, 2.24) is 20.2 Å². The van der Waals surface area contributed by atoms with Crippen molar-refractivity contribution >= 4 is 22.9 Å². The highest BCUT2D eigenvalue weighted by atomic mass is 32.1. The van der Waals surface area contributed by atoms with Crippen molar-refractivity contribution in [2.45, 2.75) is 19.9 Å². The fraction of sp³-hybridized carbons (Fsp3) is 0.200. The zero-order chi connectivity index (χ0) is 15.4. The molecule has 6 nitrogen and oxygen atoms in total. The Balaban J connectivity index is 1.61. The molecule has 0 aliphatic rings. The van der Waals surface area contributed by atoms with E-state index in [1.165, 1.54) is 21.7 Å². The summed E-state index contributed by atoms with van der Waals surface area (Å²) >= 11 is 1.54. The number of amides is 1. The van der Waals surface area contributed by atoms with Crippen molar-refractivity contribution in [2.75, 3.05) is 5.32 Å². The summed E-state index contributed by atoms with van der Waals surface area (Å²) in [6.07, 6.45) is 0.975. The van der Waals surface area contributed by atoms with Crippen molar-refractivity contribution in [3.63, 3.8) is 0 Å². The Labute approximate surface area is 131 Å². The second-order valence-electron chi connectivity index (χ2n) is 4.72. The predicted octanol–water partition coefficient (Wildman–Crippen LogP) is 2.60. The van der Waals surface area contributed by atoms with Gasteiger partial charge in [0.1, 0.15) is 6.54 Å². The Kier molecular flexibility index (Phi) is 4.24. The largest absolute Gasteiger partial charge is 0.324 e. The van der Waals surface area contributed by atoms with E-state index in [0.29, 0.717) is 5.82 Å². The van der Waals surface area contributed by atoms with Gasteiger partial charge in [-0.15, -0.1) is 21.5 Å². The summed E-state index contributed by atoms with van der Waals surface area (Å²) in [7, 11) is 0. The molecule has 3 rings (SSSR count). The van der Waals surface area contributed by atoms with Gasteiger partial charge in [0.05, 0.1) is 4.88 Å². The fourth-order valence-electron chi connectivity index (χ4n) is 1.97. The molecule has 0 aliphatic heterocycles. The number of rotatable bonds is 5. The molecule has 2 heterocycles. The normalized spacial score (nSPS) is 10.6. The molecular weight excluding hydrogens is 298 g/mol. The van der Waals surface area contributed by atoms with Crippen molar-refractivity contribution < 1.29 is 4.79 Å². The molecule has 0 radical (unpaired) electrons. The molecule has 1 N–H and O–H groups in total. The number of anilines is 1. The number of hydrogen-bond donors (Lipinski definition) is 1. The molecular formula is C15H15N5OS. The molecule has 0 atom stereocenters. The quantitative estimate of drug-likeness (QED) is 0.786. The lowest BCUT2D eigenvalue weighted by atomic mass is 10.1. The average molecular weight is 313 g/mol. The highest BCUT2D eigenvalue weighted by Crippen LogP contribution is 2.19. The Morgan fingerprint density at radius 2 is 2.09 bits per heavy atom. The monoisotopic (exact) mass is 313 g/mol. The van der Waals surface area contributed by atoms with E-state index in [2.05, 4.69) is 27.7 Å². The average Bonchev–Trinajstić information content (AvgIpc) is 3.19. The number of aryl methyl sites for hydroxylation is 1. The highest BCUT2D eigenvalue weighted by Gasteiger charge is 2.10. The summed E-state index contributed by atoms with van der Waals surface area (Å²) in [6, 6.07) is 11.6. The van der Waals surface area contributed by atoms with E-state index in [-0.39, 0.29) is 12.5 Å². The second kappa shape index (κ2) is 6.48. The maximum absolute atomic E-state index is 12.0. The Morgan fingerprint density at radius 1 is 1.27 bits per heavy atom. The van der Waals surface area contributed by atoms with Crippen LogP contribution in [0.15, 0.2) is 41.8 Å². The lowest BCUT2D eigenvalue weighted by molar-refractivity contribution is -0.117. The van der Waals surface area contributed by atoms with Crippen LogP contribution in [0.3, 0.4) is 0 Å². The summed E-state index contributed by atoms with van der Waals surface area (Å²) in [6.45, 7) is 2.13. The van der Waals surface area contributed by atoms with Crippen LogP contribution in [0.1, 0.15) is 12.5 Å². The maximum Gasteiger partial charge on any atom is 0.248 e. The predicted molar refractivity (Wildman–Crippen MR) is 85.6 cm³/mol. The fourth-order valence-corrected chi connectivity index (χ4v) is 2.62. The van der Waals surface area contributed by atoms with Gasteiger partial charge in [-0.25, -0.2) is 0 Å². The number of hydrogen-bond acceptors (Lipinski definition) is 5. The zero-order valence-corrected chi connectivity index (χ0v) is 12.9. The summed E-state index contributed by atoms with van der Waals surface area (Å²) < 4.78 is 0. The molecule has 0 bridgehead atoms. The lowest BCUT2D eigenvalue weighted by Crippen LogP contribution is -2.20. The van der Waals surface area contributed by atoms with Gasteiger partial charge in [0.25, 0.3) is 0 Å². The Hall–Kier alpha value is -2.54. The van der Waals surface area contributed by atoms with Crippen LogP contribution in [0.25, 0.3) is 10.7 Å². The molecule has 0 fully saturated rings. The summed E-state index contributed by atoms with van der Waals surface area (Å²) in [4.78, 5) is 14.2. The molecule has 2 aromatic heterocycles. The van der Waals surface area contributed by atoms with Crippen LogP contribution in [0.4, 0.5) is 5.69 Å². The van der Waals surface area contributed by atoms with Gasteiger partial charge < -0.3 is 5.32 Å². The molecule has 0 saturated heterocycles. The molecule has 0 aliphatic carbocycles. The van der Waals surface area contributed by atoms with E-state index in [4.69, 9.17) is 0 Å². The van der Waals surface area contributed by atoms with E-state index in [1.807, 2.05) is 41.8 Å². The van der Waals surface area contributed by atoms with Gasteiger partial charge in [-0.2, -0.15) is 4.80 Å². The van der Waals surface area contributed by atoms with E-state index in [1.54, 1.807) is 0 Å². The van der Waals surface area contributed by atoms with Crippen LogP contribution in [-0.2, 0) is 17.8 Å². The van der Waals surface area contributed by atoms with Crippen LogP contribution in [0.5, 0.6) is 0 Å². The number of aromatic nitrogens is 4. The molecule has 0 spiro atoms. The van der Waals surface area contributed by atoms with Crippen LogP contribution >= 0.6 is 11.3 Å². The van der Waals surface area contributed by atoms with Gasteiger partial charge >= 0.3 is 0 Å². The van der Waals surface area contributed by atoms with Crippen molar-refractivity contribution in [1.29, 1.82) is 0 Å². The smallest absolute Gasteiger partial charge is 0.248 e. The number of thiophene rings is 1. The van der Waals surface area contributed by atoms with E-state index >= 15 is 0 Å². The van der Waals surface area contributed by atoms with E-state index in [0.717, 1.165) is 17.0 Å². The first-order valence-corrected chi connectivity index (χ1v) is 7.83. The second-order valence-corrected chi connectivity index (χ2v) is 5.67. The minimum absolute atomic E-state index is 0.0356. The lowest BCUT2D eigenvalue weighted by Gasteiger charge is -2.05. The third-order valence-corrected chi connectivity index (χ3v) is 3.99. The number of tetrazole rings is 1. The van der Waals surface area contributed by atoms with Crippen molar-refractivity contribution in [3.8, 4) is 10.7 Å². The number of carbonyl (C=O) groups is 1. The standard InChI is InChI=1S/C15H15N5OS/c1-2-11-5-7-12(8-6-11)16-14(21)10-20-18-15(17-19-20)13-4-3-9-22-13/h3-9H,2,10H2,1H3,(H,16,21). The van der Waals surface area contributed by atoms with Crippen molar-refractivity contribution in [3.05, 3.63) is 47.3 Å². The van der Waals surface area contributed by atoms with Gasteiger partial charge in [0, 0.05) is 5.69 Å². The van der Waals surface area contributed by atoms with Crippen LogP contribution in [0, 0.1) is 0 Å². The molecule has 1 amide bonds. The van der Waals surface area contributed by atoms with Gasteiger partial charge in [0.2, 0.25) is 11.7 Å². The first-order valence-electron chi connectivity index (χ1n) is 6.95. The van der Waals surface area contributed by atoms with Crippen LogP contribution in [0.2, 0.25) is 0 Å². The third-order valence-electron chi connectivity index (χ3n) is 3.13. The third kappa shape index (κ3) is 3.37. The minimum atomic E-state index is -0.181. The van der Waals surface area contributed by atoms with E-state index in [9.17, 15) is 4.79 Å². The zero-order valence-electron chi connectivity index (χ0n) is 12.1. The van der Waals surface area contributed by atoms with Gasteiger partial charge in [-0.05, 0) is 40.8 Å². The Morgan fingerprint density at radius 3 is 2.77 bits per heavy atom. The number of carbonyl (C=O) groups excluding carboxylic acids is 1. The Bertz CT molecular complexity index is 749. The molecule has 0 saturated carbocycles. The first kappa shape index (κ1) is 14.4. The number of nitrogens with zero attached hydrogens (tertiary/aromatic N) is 4. The number of benzene rings is 1. The summed E-state index contributed by atoms with van der Waals surface area (Å²) in [5.41, 5.74) is 2.00. The summed E-state index contributed by atoms with van der Waals surface area (Å²) in [5, 5.41) is 16.8. The summed E-state index contributed by atoms with van der Waals surface area (Å²) in [5.74, 6) is 0.356. The molecule has 0 unspecified atom stereocenters. The molecule has 1 aromatic carbocycles. The van der Waals surface area contributed by atoms with Gasteiger partial charge in [0.15, 0.2) is 0 Å². The minimum Gasteiger partial charge on any atom is -0.324 e. The molecule has 22 heavy (non-hydrogen) atoms. The molecule has 3 aromatic rings. The highest BCUT2D eigenvalue weighted by molar-refractivity contribution is 7.13. The SMILES string of the molecule is CCc1ccc(NC(=O)Cn2nnc(-c3cccs3)n2)cc1. The number of nitrogens with one attached hydrogen (secondary N) is 1. The van der Waals surface area contributed by atoms with Gasteiger partial charge in [-0.1, -0.05) is 25.1 Å². The molecule has 7 heteroatoms. The van der Waals surface area contributed by atoms with Gasteiger partial charge in [-0.3, -0.25) is 4.79 Å². The first-order chi connectivity index (χ1) is 10.7. The van der Waals surface area contributed by atoms with E-state index < -0.39 is 0 Å². The molecule has 112 valence electrons. The van der Waals surface area contributed by atoms with Crippen molar-refractivity contribution in [2.24, 2.45) is 0 Å². The van der Waals surface area contributed by atoms with Crippen LogP contribution in [-0.4, -0.2) is 26.1 Å². The topological polar surface area (TPSA) is 72.7 Å². The van der Waals surface area contributed by atoms with Crippen LogP contribution < -0.4 is 5.32 Å². The maximum atomic E-state index is 12.0.